The summed E-state index contributed by atoms with van der Waals surface area (Å²) in [5.41, 5.74) is 0. The lowest BCUT2D eigenvalue weighted by Gasteiger charge is -2.27. The minimum absolute atomic E-state index is 0.156. The van der Waals surface area contributed by atoms with E-state index >= 15 is 0 Å². The number of halogens is 1. The van der Waals surface area contributed by atoms with E-state index in [-0.39, 0.29) is 5.28 Å². The number of likely N-dealkylation sites (N-methyl/N-ethyl adjacent to an activating group) is 1. The fourth-order valence-electron chi connectivity index (χ4n) is 1.88. The second-order valence-electron chi connectivity index (χ2n) is 4.53. The van der Waals surface area contributed by atoms with Crippen LogP contribution in [0.1, 0.15) is 6.92 Å². The van der Waals surface area contributed by atoms with Gasteiger partial charge in [0, 0.05) is 26.7 Å². The maximum Gasteiger partial charge on any atom is 0.231 e. The van der Waals surface area contributed by atoms with Gasteiger partial charge in [-0.25, -0.2) is 0 Å². The summed E-state index contributed by atoms with van der Waals surface area (Å²) in [4.78, 5) is 16.4. The van der Waals surface area contributed by atoms with E-state index in [1.165, 1.54) is 0 Å². The van der Waals surface area contributed by atoms with Crippen molar-refractivity contribution in [3.05, 3.63) is 5.28 Å². The predicted octanol–water partition coefficient (Wildman–Crippen LogP) is 0.179. The SMILES string of the molecule is CC(O)CN(C)c1nc(Cl)nc(N2CCOCC2)n1. The van der Waals surface area contributed by atoms with Crippen molar-refractivity contribution in [3.8, 4) is 0 Å². The molecule has 0 spiro atoms. The first-order chi connectivity index (χ1) is 9.06. The molecule has 106 valence electrons. The molecular formula is C11H18ClN5O2. The molecule has 1 aromatic rings. The summed E-state index contributed by atoms with van der Waals surface area (Å²) in [6.45, 7) is 4.93. The highest BCUT2D eigenvalue weighted by molar-refractivity contribution is 6.28. The molecule has 1 aliphatic heterocycles. The van der Waals surface area contributed by atoms with Crippen molar-refractivity contribution in [1.29, 1.82) is 0 Å². The highest BCUT2D eigenvalue weighted by atomic mass is 35.5. The topological polar surface area (TPSA) is 74.6 Å². The van der Waals surface area contributed by atoms with E-state index in [0.717, 1.165) is 13.1 Å². The zero-order chi connectivity index (χ0) is 13.8. The van der Waals surface area contributed by atoms with Crippen molar-refractivity contribution < 1.29 is 9.84 Å². The molecule has 2 heterocycles. The van der Waals surface area contributed by atoms with Gasteiger partial charge in [0.2, 0.25) is 17.2 Å². The zero-order valence-corrected chi connectivity index (χ0v) is 11.8. The maximum absolute atomic E-state index is 9.40. The van der Waals surface area contributed by atoms with Crippen molar-refractivity contribution in [2.45, 2.75) is 13.0 Å². The van der Waals surface area contributed by atoms with Gasteiger partial charge in [-0.1, -0.05) is 0 Å². The van der Waals surface area contributed by atoms with Gasteiger partial charge in [-0.15, -0.1) is 0 Å². The normalized spacial score (nSPS) is 17.4. The molecule has 1 fully saturated rings. The third-order valence-corrected chi connectivity index (χ3v) is 2.93. The van der Waals surface area contributed by atoms with Crippen LogP contribution in [-0.2, 0) is 4.74 Å². The van der Waals surface area contributed by atoms with Crippen LogP contribution in [0.25, 0.3) is 0 Å². The van der Waals surface area contributed by atoms with E-state index in [1.807, 2.05) is 11.9 Å². The highest BCUT2D eigenvalue weighted by Gasteiger charge is 2.17. The minimum Gasteiger partial charge on any atom is -0.392 e. The average Bonchev–Trinajstić information content (AvgIpc) is 2.38. The fraction of sp³-hybridized carbons (Fsp3) is 0.727. The van der Waals surface area contributed by atoms with Crippen molar-refractivity contribution in [1.82, 2.24) is 15.0 Å². The van der Waals surface area contributed by atoms with Gasteiger partial charge in [-0.05, 0) is 18.5 Å². The van der Waals surface area contributed by atoms with Crippen LogP contribution in [0.2, 0.25) is 5.28 Å². The van der Waals surface area contributed by atoms with Crippen molar-refractivity contribution in [2.75, 3.05) is 49.7 Å². The Balaban J connectivity index is 2.18. The molecule has 1 N–H and O–H groups in total. The molecule has 0 radical (unpaired) electrons. The molecule has 0 aliphatic carbocycles. The Kier molecular flexibility index (Phi) is 4.73. The van der Waals surface area contributed by atoms with E-state index in [0.29, 0.717) is 31.7 Å². The smallest absolute Gasteiger partial charge is 0.231 e. The predicted molar refractivity (Wildman–Crippen MR) is 72.8 cm³/mol. The summed E-state index contributed by atoms with van der Waals surface area (Å²) in [6, 6.07) is 0. The molecule has 8 heteroatoms. The Labute approximate surface area is 117 Å². The number of aliphatic hydroxyl groups is 1. The van der Waals surface area contributed by atoms with E-state index < -0.39 is 6.10 Å². The molecule has 1 aliphatic rings. The molecule has 1 unspecified atom stereocenters. The molecule has 19 heavy (non-hydrogen) atoms. The number of hydrogen-bond acceptors (Lipinski definition) is 7. The van der Waals surface area contributed by atoms with Crippen molar-refractivity contribution >= 4 is 23.5 Å². The summed E-state index contributed by atoms with van der Waals surface area (Å²) < 4.78 is 5.29. The monoisotopic (exact) mass is 287 g/mol. The Hall–Kier alpha value is -1.18. The summed E-state index contributed by atoms with van der Waals surface area (Å²) >= 11 is 5.94. The molecule has 1 aromatic heterocycles. The van der Waals surface area contributed by atoms with Gasteiger partial charge >= 0.3 is 0 Å². The Morgan fingerprint density at radius 3 is 2.68 bits per heavy atom. The van der Waals surface area contributed by atoms with Crippen LogP contribution in [0.3, 0.4) is 0 Å². The number of aliphatic hydroxyl groups excluding tert-OH is 1. The highest BCUT2D eigenvalue weighted by Crippen LogP contribution is 2.17. The largest absolute Gasteiger partial charge is 0.392 e. The van der Waals surface area contributed by atoms with Gasteiger partial charge in [-0.2, -0.15) is 15.0 Å². The van der Waals surface area contributed by atoms with E-state index in [1.54, 1.807) is 11.8 Å². The number of rotatable bonds is 4. The third-order valence-electron chi connectivity index (χ3n) is 2.76. The minimum atomic E-state index is -0.465. The lowest BCUT2D eigenvalue weighted by atomic mass is 10.4. The Morgan fingerprint density at radius 1 is 1.37 bits per heavy atom. The average molecular weight is 288 g/mol. The van der Waals surface area contributed by atoms with Gasteiger partial charge in [0.05, 0.1) is 19.3 Å². The Morgan fingerprint density at radius 2 is 2.05 bits per heavy atom. The van der Waals surface area contributed by atoms with E-state index in [2.05, 4.69) is 15.0 Å². The van der Waals surface area contributed by atoms with Crippen LogP contribution >= 0.6 is 11.6 Å². The van der Waals surface area contributed by atoms with Crippen molar-refractivity contribution in [2.24, 2.45) is 0 Å². The first-order valence-corrected chi connectivity index (χ1v) is 6.57. The second kappa shape index (κ2) is 6.31. The van der Waals surface area contributed by atoms with Crippen molar-refractivity contribution in [3.63, 3.8) is 0 Å². The van der Waals surface area contributed by atoms with Gasteiger partial charge in [0.25, 0.3) is 0 Å². The maximum atomic E-state index is 9.40. The van der Waals surface area contributed by atoms with Crippen LogP contribution in [0, 0.1) is 0 Å². The molecule has 0 saturated carbocycles. The first kappa shape index (κ1) is 14.2. The molecule has 1 atom stereocenters. The van der Waals surface area contributed by atoms with E-state index in [9.17, 15) is 5.11 Å². The van der Waals surface area contributed by atoms with Gasteiger partial charge < -0.3 is 19.6 Å². The van der Waals surface area contributed by atoms with Gasteiger partial charge in [0.1, 0.15) is 0 Å². The molecule has 7 nitrogen and oxygen atoms in total. The summed E-state index contributed by atoms with van der Waals surface area (Å²) in [7, 11) is 1.81. The van der Waals surface area contributed by atoms with E-state index in [4.69, 9.17) is 16.3 Å². The summed E-state index contributed by atoms with van der Waals surface area (Å²) in [5.74, 6) is 1.01. The van der Waals surface area contributed by atoms with Gasteiger partial charge in [0.15, 0.2) is 0 Å². The van der Waals surface area contributed by atoms with Crippen LogP contribution in [0.5, 0.6) is 0 Å². The molecular weight excluding hydrogens is 270 g/mol. The summed E-state index contributed by atoms with van der Waals surface area (Å²) in [5, 5.41) is 9.56. The second-order valence-corrected chi connectivity index (χ2v) is 4.87. The fourth-order valence-corrected chi connectivity index (χ4v) is 2.03. The molecule has 1 saturated heterocycles. The lowest BCUT2D eigenvalue weighted by molar-refractivity contribution is 0.122. The molecule has 2 rings (SSSR count). The van der Waals surface area contributed by atoms with Crippen LogP contribution in [0.15, 0.2) is 0 Å². The Bertz CT molecular complexity index is 426. The molecule has 0 amide bonds. The number of ether oxygens (including phenoxy) is 1. The standard InChI is InChI=1S/C11H18ClN5O2/c1-8(18)7-16(2)10-13-9(12)14-11(15-10)17-3-5-19-6-4-17/h8,18H,3-7H2,1-2H3. The lowest BCUT2D eigenvalue weighted by Crippen LogP contribution is -2.38. The van der Waals surface area contributed by atoms with Crippen LogP contribution in [0.4, 0.5) is 11.9 Å². The van der Waals surface area contributed by atoms with Gasteiger partial charge in [-0.3, -0.25) is 0 Å². The summed E-state index contributed by atoms with van der Waals surface area (Å²) in [6.07, 6.45) is -0.465. The molecule has 0 bridgehead atoms. The third kappa shape index (κ3) is 3.89. The number of nitrogens with zero attached hydrogens (tertiary/aromatic N) is 5. The zero-order valence-electron chi connectivity index (χ0n) is 11.1. The number of hydrogen-bond donors (Lipinski definition) is 1. The first-order valence-electron chi connectivity index (χ1n) is 6.19. The molecule has 0 aromatic carbocycles. The van der Waals surface area contributed by atoms with Crippen LogP contribution in [-0.4, -0.2) is 66.1 Å². The number of morpholine rings is 1. The quantitative estimate of drug-likeness (QED) is 0.846. The van der Waals surface area contributed by atoms with Crippen LogP contribution < -0.4 is 9.80 Å². The number of anilines is 2. The number of aromatic nitrogens is 3.